The van der Waals surface area contributed by atoms with E-state index in [1.165, 1.54) is 0 Å². The Balaban J connectivity index is 1.71. The van der Waals surface area contributed by atoms with Crippen LogP contribution in [0.5, 0.6) is 0 Å². The zero-order chi connectivity index (χ0) is 21.5. The Morgan fingerprint density at radius 1 is 0.531 bits per heavy atom. The van der Waals surface area contributed by atoms with Crippen LogP contribution in [0.15, 0.2) is 103 Å². The Labute approximate surface area is 186 Å². The Morgan fingerprint density at radius 2 is 1.09 bits per heavy atom. The van der Waals surface area contributed by atoms with Crippen LogP contribution in [0.1, 0.15) is 0 Å². The Kier molecular flexibility index (Phi) is 4.32. The highest BCUT2D eigenvalue weighted by Crippen LogP contribution is 2.31. The molecule has 2 heterocycles. The van der Waals surface area contributed by atoms with Gasteiger partial charge < -0.3 is 0 Å². The molecule has 32 heavy (non-hydrogen) atoms. The molecule has 0 saturated carbocycles. The molecule has 0 unspecified atom stereocenters. The number of hydrogen-bond donors (Lipinski definition) is 0. The van der Waals surface area contributed by atoms with Gasteiger partial charge in [-0.2, -0.15) is 9.97 Å². The van der Waals surface area contributed by atoms with Crippen molar-refractivity contribution >= 4 is 35.1 Å². The molecule has 2 radical (unpaired) electrons. The average molecular weight is 408 g/mol. The Morgan fingerprint density at radius 3 is 1.75 bits per heavy atom. The number of para-hydroxylation sites is 1. The highest BCUT2D eigenvalue weighted by atomic mass is 15.2. The van der Waals surface area contributed by atoms with Gasteiger partial charge in [-0.05, 0) is 12.1 Å². The molecular formula is C27H17BN4. The minimum absolute atomic E-state index is 0.564. The summed E-state index contributed by atoms with van der Waals surface area (Å²) in [5, 5.41) is 2.08. The molecule has 0 aliphatic carbocycles. The third kappa shape index (κ3) is 2.98. The first-order valence-corrected chi connectivity index (χ1v) is 10.4. The van der Waals surface area contributed by atoms with Crippen LogP contribution >= 0.6 is 0 Å². The van der Waals surface area contributed by atoms with Crippen molar-refractivity contribution in [3.05, 3.63) is 103 Å². The van der Waals surface area contributed by atoms with Gasteiger partial charge in [-0.3, -0.25) is 4.57 Å². The molecule has 4 nitrogen and oxygen atoms in total. The molecule has 0 N–H and O–H groups in total. The molecule has 2 aromatic heterocycles. The van der Waals surface area contributed by atoms with E-state index in [2.05, 4.69) is 22.8 Å². The highest BCUT2D eigenvalue weighted by Gasteiger charge is 2.17. The first kappa shape index (κ1) is 18.5. The van der Waals surface area contributed by atoms with Crippen LogP contribution in [0, 0.1) is 0 Å². The summed E-state index contributed by atoms with van der Waals surface area (Å²) in [6.45, 7) is 0. The number of nitrogens with zero attached hydrogens (tertiary/aromatic N) is 4. The molecule has 6 aromatic rings. The lowest BCUT2D eigenvalue weighted by molar-refractivity contribution is 0.953. The fraction of sp³-hybridized carbons (Fsp3) is 0. The number of aromatic nitrogens is 4. The largest absolute Gasteiger partial charge is 0.278 e. The summed E-state index contributed by atoms with van der Waals surface area (Å²) >= 11 is 0. The second kappa shape index (κ2) is 7.47. The maximum Gasteiger partial charge on any atom is 0.238 e. The Hall–Kier alpha value is -4.25. The zero-order valence-corrected chi connectivity index (χ0v) is 17.2. The van der Waals surface area contributed by atoms with E-state index in [-0.39, 0.29) is 0 Å². The summed E-state index contributed by atoms with van der Waals surface area (Å²) in [4.78, 5) is 14.6. The van der Waals surface area contributed by atoms with Crippen molar-refractivity contribution in [2.45, 2.75) is 0 Å². The van der Waals surface area contributed by atoms with Gasteiger partial charge in [-0.15, -0.1) is 0 Å². The summed E-state index contributed by atoms with van der Waals surface area (Å²) in [6.07, 6.45) is 0. The SMILES string of the molecule is [B]c1cccc2c1c1ccccc1n2-c1nc(-c2ccccc2)nc(-c2ccccc2)n1. The van der Waals surface area contributed by atoms with Crippen molar-refractivity contribution in [3.63, 3.8) is 0 Å². The first-order chi connectivity index (χ1) is 15.8. The van der Waals surface area contributed by atoms with E-state index in [1.54, 1.807) is 0 Å². The van der Waals surface area contributed by atoms with Gasteiger partial charge in [0.15, 0.2) is 11.6 Å². The molecule has 4 aromatic carbocycles. The smallest absolute Gasteiger partial charge is 0.238 e. The number of hydrogen-bond acceptors (Lipinski definition) is 3. The fourth-order valence-electron chi connectivity index (χ4n) is 4.16. The second-order valence-corrected chi connectivity index (χ2v) is 7.61. The van der Waals surface area contributed by atoms with E-state index in [9.17, 15) is 0 Å². The van der Waals surface area contributed by atoms with Crippen LogP contribution in [0.3, 0.4) is 0 Å². The van der Waals surface area contributed by atoms with E-state index >= 15 is 0 Å². The summed E-state index contributed by atoms with van der Waals surface area (Å²) in [6, 6.07) is 34.1. The van der Waals surface area contributed by atoms with Gasteiger partial charge in [0, 0.05) is 21.9 Å². The first-order valence-electron chi connectivity index (χ1n) is 10.4. The van der Waals surface area contributed by atoms with Crippen molar-refractivity contribution in [3.8, 4) is 28.7 Å². The molecule has 5 heteroatoms. The minimum Gasteiger partial charge on any atom is -0.278 e. The normalized spacial score (nSPS) is 11.2. The van der Waals surface area contributed by atoms with E-state index in [1.807, 2.05) is 84.9 Å². The molecule has 0 aliphatic rings. The quantitative estimate of drug-likeness (QED) is 0.383. The summed E-state index contributed by atoms with van der Waals surface area (Å²) < 4.78 is 2.07. The fourth-order valence-corrected chi connectivity index (χ4v) is 4.16. The lowest BCUT2D eigenvalue weighted by Gasteiger charge is -2.10. The predicted molar refractivity (Wildman–Crippen MR) is 130 cm³/mol. The lowest BCUT2D eigenvalue weighted by atomic mass is 9.91. The maximum absolute atomic E-state index is 6.39. The van der Waals surface area contributed by atoms with Crippen LogP contribution < -0.4 is 5.46 Å². The van der Waals surface area contributed by atoms with Crippen LogP contribution in [-0.2, 0) is 0 Å². The number of rotatable bonds is 3. The zero-order valence-electron chi connectivity index (χ0n) is 17.2. The van der Waals surface area contributed by atoms with E-state index < -0.39 is 0 Å². The van der Waals surface area contributed by atoms with Crippen molar-refractivity contribution in [2.75, 3.05) is 0 Å². The monoisotopic (exact) mass is 408 g/mol. The molecule has 6 rings (SSSR count). The summed E-state index contributed by atoms with van der Waals surface area (Å²) in [5.74, 6) is 1.82. The standard InChI is InChI=1S/C27H17BN4/c28-21-15-9-17-23-24(21)20-14-7-8-16-22(20)32(23)27-30-25(18-10-3-1-4-11-18)29-26(31-27)19-12-5-2-6-13-19/h1-17H. The van der Waals surface area contributed by atoms with Crippen molar-refractivity contribution in [2.24, 2.45) is 0 Å². The van der Waals surface area contributed by atoms with Crippen LogP contribution in [0.4, 0.5) is 0 Å². The molecule has 0 bridgehead atoms. The molecule has 148 valence electrons. The van der Waals surface area contributed by atoms with Crippen molar-refractivity contribution in [1.82, 2.24) is 19.5 Å². The number of fused-ring (bicyclic) bond motifs is 3. The van der Waals surface area contributed by atoms with Gasteiger partial charge >= 0.3 is 0 Å². The summed E-state index contributed by atoms with van der Waals surface area (Å²) in [7, 11) is 6.39. The molecule has 0 spiro atoms. The lowest BCUT2D eigenvalue weighted by Crippen LogP contribution is -2.07. The van der Waals surface area contributed by atoms with Crippen LogP contribution in [-0.4, -0.2) is 27.4 Å². The third-order valence-corrected chi connectivity index (χ3v) is 5.62. The Bertz CT molecular complexity index is 1520. The van der Waals surface area contributed by atoms with Gasteiger partial charge in [0.25, 0.3) is 0 Å². The summed E-state index contributed by atoms with van der Waals surface area (Å²) in [5.41, 5.74) is 4.58. The van der Waals surface area contributed by atoms with Crippen molar-refractivity contribution < 1.29 is 0 Å². The molecule has 0 amide bonds. The van der Waals surface area contributed by atoms with Crippen molar-refractivity contribution in [1.29, 1.82) is 0 Å². The predicted octanol–water partition coefficient (Wildman–Crippen LogP) is 5.10. The van der Waals surface area contributed by atoms with Crippen LogP contribution in [0.2, 0.25) is 0 Å². The van der Waals surface area contributed by atoms with E-state index in [0.29, 0.717) is 17.6 Å². The average Bonchev–Trinajstić information content (AvgIpc) is 3.20. The molecule has 0 aliphatic heterocycles. The molecular weight excluding hydrogens is 391 g/mol. The van der Waals surface area contributed by atoms with Crippen LogP contribution in [0.25, 0.3) is 50.5 Å². The topological polar surface area (TPSA) is 43.6 Å². The van der Waals surface area contributed by atoms with Gasteiger partial charge in [0.2, 0.25) is 5.95 Å². The van der Waals surface area contributed by atoms with E-state index in [0.717, 1.165) is 38.4 Å². The van der Waals surface area contributed by atoms with Gasteiger partial charge in [-0.25, -0.2) is 4.98 Å². The minimum atomic E-state index is 0.564. The maximum atomic E-state index is 6.39. The second-order valence-electron chi connectivity index (χ2n) is 7.61. The third-order valence-electron chi connectivity index (χ3n) is 5.62. The van der Waals surface area contributed by atoms with Gasteiger partial charge in [-0.1, -0.05) is 96.5 Å². The number of benzene rings is 4. The van der Waals surface area contributed by atoms with E-state index in [4.69, 9.17) is 22.8 Å². The molecule has 0 saturated heterocycles. The molecule has 0 atom stereocenters. The highest BCUT2D eigenvalue weighted by molar-refractivity contribution is 6.41. The molecule has 0 fully saturated rings. The van der Waals surface area contributed by atoms with Gasteiger partial charge in [0.05, 0.1) is 11.0 Å². The van der Waals surface area contributed by atoms with Gasteiger partial charge in [0.1, 0.15) is 7.85 Å².